The predicted molar refractivity (Wildman–Crippen MR) is 115 cm³/mol. The predicted octanol–water partition coefficient (Wildman–Crippen LogP) is 5.93. The van der Waals surface area contributed by atoms with E-state index in [1.165, 1.54) is 22.4 Å². The smallest absolute Gasteiger partial charge is 0.335 e. The lowest BCUT2D eigenvalue weighted by Crippen LogP contribution is -2.46. The molecule has 0 spiro atoms. The number of fused-ring (bicyclic) bond motifs is 4. The first-order valence-corrected chi connectivity index (χ1v) is 10.8. The van der Waals surface area contributed by atoms with E-state index in [0.29, 0.717) is 23.3 Å². The molecule has 0 saturated carbocycles. The van der Waals surface area contributed by atoms with E-state index in [0.717, 1.165) is 24.4 Å². The van der Waals surface area contributed by atoms with Gasteiger partial charge < -0.3 is 10.0 Å². The molecule has 2 aromatic carbocycles. The van der Waals surface area contributed by atoms with Gasteiger partial charge in [0, 0.05) is 29.1 Å². The van der Waals surface area contributed by atoms with Crippen LogP contribution < -0.4 is 4.90 Å². The van der Waals surface area contributed by atoms with Gasteiger partial charge in [-0.2, -0.15) is 0 Å². The number of rotatable bonds is 2. The number of nitrogens with zero attached hydrogens (tertiary/aromatic N) is 1. The van der Waals surface area contributed by atoms with Gasteiger partial charge in [-0.05, 0) is 59.6 Å². The molecule has 0 fully saturated rings. The molecule has 5 atom stereocenters. The highest BCUT2D eigenvalue weighted by atomic mass is 35.5. The second-order valence-corrected chi connectivity index (χ2v) is 9.14. The van der Waals surface area contributed by atoms with E-state index in [9.17, 15) is 9.90 Å². The molecular weight excluding hydrogens is 382 g/mol. The van der Waals surface area contributed by atoms with E-state index in [1.807, 2.05) is 24.3 Å². The van der Waals surface area contributed by atoms with Crippen LogP contribution in [-0.2, 0) is 0 Å². The van der Waals surface area contributed by atoms with Crippen molar-refractivity contribution in [3.05, 3.63) is 88.0 Å². The van der Waals surface area contributed by atoms with Crippen molar-refractivity contribution in [3.8, 4) is 0 Å². The average Bonchev–Trinajstić information content (AvgIpc) is 3.38. The summed E-state index contributed by atoms with van der Waals surface area (Å²) in [5, 5.41) is 10.6. The Labute approximate surface area is 175 Å². The van der Waals surface area contributed by atoms with Crippen LogP contribution in [0.4, 0.5) is 5.69 Å². The Morgan fingerprint density at radius 1 is 1.00 bits per heavy atom. The quantitative estimate of drug-likeness (QED) is 0.631. The number of carbonyl (C=O) groups is 1. The van der Waals surface area contributed by atoms with Crippen molar-refractivity contribution < 1.29 is 9.90 Å². The molecule has 6 rings (SSSR count). The van der Waals surface area contributed by atoms with Crippen molar-refractivity contribution in [3.63, 3.8) is 0 Å². The van der Waals surface area contributed by atoms with Crippen LogP contribution in [0.25, 0.3) is 0 Å². The van der Waals surface area contributed by atoms with Crippen molar-refractivity contribution in [2.45, 2.75) is 30.7 Å². The molecule has 1 N–H and O–H groups in total. The van der Waals surface area contributed by atoms with Gasteiger partial charge in [-0.1, -0.05) is 54.1 Å². The van der Waals surface area contributed by atoms with Gasteiger partial charge in [0.2, 0.25) is 0 Å². The van der Waals surface area contributed by atoms with Gasteiger partial charge in [-0.25, -0.2) is 4.79 Å². The maximum atomic E-state index is 11.9. The first-order chi connectivity index (χ1) is 14.1. The van der Waals surface area contributed by atoms with Crippen LogP contribution in [0.15, 0.2) is 60.7 Å². The number of hydrogen-bond donors (Lipinski definition) is 1. The molecule has 0 unspecified atom stereocenters. The molecule has 4 heteroatoms. The SMILES string of the molecule is O=C(O)c1cc2c3c(c1)[C@@H]1C=CC[C@@H]1[C@H](c1ccccc1Cl)N3C[C@H]1CC=C[C@@H]21. The summed E-state index contributed by atoms with van der Waals surface area (Å²) in [4.78, 5) is 14.5. The minimum absolute atomic E-state index is 0.215. The Morgan fingerprint density at radius 2 is 1.72 bits per heavy atom. The Morgan fingerprint density at radius 3 is 2.52 bits per heavy atom. The number of allylic oxidation sites excluding steroid dienone is 4. The maximum absolute atomic E-state index is 11.9. The summed E-state index contributed by atoms with van der Waals surface area (Å²) >= 11 is 6.70. The minimum Gasteiger partial charge on any atom is -0.478 e. The third kappa shape index (κ3) is 2.40. The fourth-order valence-corrected chi connectivity index (χ4v) is 6.41. The number of halogens is 1. The lowest BCUT2D eigenvalue weighted by molar-refractivity contribution is 0.0696. The Bertz CT molecular complexity index is 1070. The molecule has 2 aliphatic heterocycles. The molecule has 0 bridgehead atoms. The molecule has 0 radical (unpaired) electrons. The van der Waals surface area contributed by atoms with Gasteiger partial charge in [0.1, 0.15) is 0 Å². The van der Waals surface area contributed by atoms with Gasteiger partial charge in [0.25, 0.3) is 0 Å². The Kier molecular flexibility index (Phi) is 3.73. The Hall–Kier alpha value is -2.52. The zero-order valence-electron chi connectivity index (χ0n) is 16.0. The molecule has 2 aromatic rings. The van der Waals surface area contributed by atoms with Gasteiger partial charge in [-0.3, -0.25) is 0 Å². The summed E-state index contributed by atoms with van der Waals surface area (Å²) in [5.74, 6) is 0.586. The van der Waals surface area contributed by atoms with Crippen LogP contribution in [0.2, 0.25) is 5.02 Å². The molecule has 2 aliphatic carbocycles. The fourth-order valence-electron chi connectivity index (χ4n) is 6.17. The third-order valence-corrected chi connectivity index (χ3v) is 7.66. The van der Waals surface area contributed by atoms with Gasteiger partial charge in [-0.15, -0.1) is 0 Å². The summed E-state index contributed by atoms with van der Waals surface area (Å²) in [6, 6.07) is 12.3. The van der Waals surface area contributed by atoms with Crippen LogP contribution in [-0.4, -0.2) is 17.6 Å². The standard InChI is InChI=1S/C25H22ClNO2/c26-22-10-2-1-6-19(22)23-18-9-4-8-17(18)21-12-15(25(28)29)11-20-16-7-3-5-14(16)13-27(23)24(20)21/h1-4,6-8,10-12,14,16-18,23H,5,9,13H2,(H,28,29)/t14-,16-,17-,18+,23-/m1/s1. The zero-order chi connectivity index (χ0) is 19.7. The van der Waals surface area contributed by atoms with E-state index in [-0.39, 0.29) is 12.0 Å². The van der Waals surface area contributed by atoms with Gasteiger partial charge in [0.05, 0.1) is 11.6 Å². The van der Waals surface area contributed by atoms with Crippen molar-refractivity contribution in [2.75, 3.05) is 11.4 Å². The monoisotopic (exact) mass is 403 g/mol. The average molecular weight is 404 g/mol. The third-order valence-electron chi connectivity index (χ3n) is 7.32. The molecule has 0 amide bonds. The number of carboxylic acids is 1. The Balaban J connectivity index is 1.62. The number of carboxylic acid groups (broad SMARTS) is 1. The topological polar surface area (TPSA) is 40.5 Å². The molecule has 29 heavy (non-hydrogen) atoms. The second-order valence-electron chi connectivity index (χ2n) is 8.73. The summed E-state index contributed by atoms with van der Waals surface area (Å²) in [7, 11) is 0. The highest BCUT2D eigenvalue weighted by Crippen LogP contribution is 2.59. The van der Waals surface area contributed by atoms with E-state index in [1.54, 1.807) is 0 Å². The first kappa shape index (κ1) is 17.3. The van der Waals surface area contributed by atoms with E-state index in [4.69, 9.17) is 11.6 Å². The molecule has 4 aliphatic rings. The second kappa shape index (κ2) is 6.24. The molecule has 2 heterocycles. The summed E-state index contributed by atoms with van der Waals surface area (Å²) < 4.78 is 0. The number of benzene rings is 2. The van der Waals surface area contributed by atoms with E-state index >= 15 is 0 Å². The zero-order valence-corrected chi connectivity index (χ0v) is 16.7. The summed E-state index contributed by atoms with van der Waals surface area (Å²) in [6.07, 6.45) is 11.1. The molecule has 0 aromatic heterocycles. The number of aromatic carboxylic acids is 1. The van der Waals surface area contributed by atoms with Gasteiger partial charge in [0.15, 0.2) is 0 Å². The molecule has 3 nitrogen and oxygen atoms in total. The van der Waals surface area contributed by atoms with Crippen molar-refractivity contribution >= 4 is 23.3 Å². The van der Waals surface area contributed by atoms with Crippen LogP contribution in [0.3, 0.4) is 0 Å². The first-order valence-electron chi connectivity index (χ1n) is 10.4. The van der Waals surface area contributed by atoms with Crippen LogP contribution in [0.1, 0.15) is 57.8 Å². The molecular formula is C25H22ClNO2. The van der Waals surface area contributed by atoms with Crippen molar-refractivity contribution in [1.29, 1.82) is 0 Å². The van der Waals surface area contributed by atoms with E-state index in [2.05, 4.69) is 41.3 Å². The van der Waals surface area contributed by atoms with Crippen LogP contribution in [0.5, 0.6) is 0 Å². The maximum Gasteiger partial charge on any atom is 0.335 e. The lowest BCUT2D eigenvalue weighted by atomic mass is 9.70. The number of anilines is 1. The van der Waals surface area contributed by atoms with Crippen molar-refractivity contribution in [1.82, 2.24) is 0 Å². The highest BCUT2D eigenvalue weighted by Gasteiger charge is 2.48. The minimum atomic E-state index is -0.841. The van der Waals surface area contributed by atoms with Crippen LogP contribution >= 0.6 is 11.6 Å². The van der Waals surface area contributed by atoms with Gasteiger partial charge >= 0.3 is 5.97 Å². The summed E-state index contributed by atoms with van der Waals surface area (Å²) in [5.41, 5.74) is 5.22. The van der Waals surface area contributed by atoms with Crippen molar-refractivity contribution in [2.24, 2.45) is 11.8 Å². The van der Waals surface area contributed by atoms with Crippen LogP contribution in [0, 0.1) is 11.8 Å². The molecule has 0 saturated heterocycles. The summed E-state index contributed by atoms with van der Waals surface area (Å²) in [6.45, 7) is 0.989. The number of hydrogen-bond acceptors (Lipinski definition) is 2. The van der Waals surface area contributed by atoms with E-state index < -0.39 is 5.97 Å². The highest BCUT2D eigenvalue weighted by molar-refractivity contribution is 6.31. The fraction of sp³-hybridized carbons (Fsp3) is 0.320. The lowest BCUT2D eigenvalue weighted by Gasteiger charge is -2.51. The molecule has 146 valence electrons. The normalized spacial score (nSPS) is 30.8. The largest absolute Gasteiger partial charge is 0.478 e.